The molecule has 1 aromatic carbocycles. The van der Waals surface area contributed by atoms with Crippen molar-refractivity contribution in [2.24, 2.45) is 5.41 Å². The van der Waals surface area contributed by atoms with E-state index in [-0.39, 0.29) is 17.8 Å². The van der Waals surface area contributed by atoms with Gasteiger partial charge >= 0.3 is 0 Å². The molecule has 0 bridgehead atoms. The molecule has 1 fully saturated rings. The lowest BCUT2D eigenvalue weighted by atomic mass is 9.75. The maximum absolute atomic E-state index is 12.2. The zero-order chi connectivity index (χ0) is 15.3. The number of sulfonamides is 1. The third-order valence-corrected chi connectivity index (χ3v) is 5.55. The maximum Gasteiger partial charge on any atom is 0.215 e. The summed E-state index contributed by atoms with van der Waals surface area (Å²) < 4.78 is 27.0. The van der Waals surface area contributed by atoms with Crippen molar-refractivity contribution >= 4 is 15.7 Å². The van der Waals surface area contributed by atoms with E-state index < -0.39 is 10.0 Å². The molecule has 5 nitrogen and oxygen atoms in total. The molecule has 2 rings (SSSR count). The Hall–Kier alpha value is -1.11. The Labute approximate surface area is 126 Å². The number of nitrogen functional groups attached to an aromatic ring is 1. The van der Waals surface area contributed by atoms with E-state index in [1.807, 2.05) is 0 Å². The van der Waals surface area contributed by atoms with Crippen molar-refractivity contribution in [3.05, 3.63) is 29.8 Å². The molecule has 0 atom stereocenters. The number of hydrogen-bond donors (Lipinski definition) is 3. The lowest BCUT2D eigenvalue weighted by Crippen LogP contribution is -2.41. The SMILES string of the molecule is Nc1ccc(CS(=O)(=O)NCC2(CO)CCCCC2)cc1. The van der Waals surface area contributed by atoms with E-state index >= 15 is 0 Å². The largest absolute Gasteiger partial charge is 0.399 e. The quantitative estimate of drug-likeness (QED) is 0.696. The Morgan fingerprint density at radius 1 is 1.14 bits per heavy atom. The van der Waals surface area contributed by atoms with Crippen molar-refractivity contribution in [2.75, 3.05) is 18.9 Å². The third-order valence-electron chi connectivity index (χ3n) is 4.25. The number of nitrogens with two attached hydrogens (primary N) is 1. The first kappa shape index (κ1) is 16.3. The van der Waals surface area contributed by atoms with E-state index in [4.69, 9.17) is 5.73 Å². The van der Waals surface area contributed by atoms with Gasteiger partial charge in [-0.05, 0) is 30.5 Å². The molecule has 118 valence electrons. The molecule has 0 saturated heterocycles. The summed E-state index contributed by atoms with van der Waals surface area (Å²) >= 11 is 0. The van der Waals surface area contributed by atoms with Crippen LogP contribution in [-0.2, 0) is 15.8 Å². The van der Waals surface area contributed by atoms with E-state index in [1.54, 1.807) is 24.3 Å². The minimum Gasteiger partial charge on any atom is -0.399 e. The van der Waals surface area contributed by atoms with E-state index in [2.05, 4.69) is 4.72 Å². The second kappa shape index (κ2) is 6.77. The smallest absolute Gasteiger partial charge is 0.215 e. The lowest BCUT2D eigenvalue weighted by Gasteiger charge is -2.35. The maximum atomic E-state index is 12.2. The second-order valence-electron chi connectivity index (χ2n) is 6.04. The molecule has 0 unspecified atom stereocenters. The summed E-state index contributed by atoms with van der Waals surface area (Å²) in [5.41, 5.74) is 6.63. The van der Waals surface area contributed by atoms with Crippen molar-refractivity contribution in [1.29, 1.82) is 0 Å². The van der Waals surface area contributed by atoms with Gasteiger partial charge in [-0.25, -0.2) is 13.1 Å². The van der Waals surface area contributed by atoms with Crippen LogP contribution in [0.2, 0.25) is 0 Å². The summed E-state index contributed by atoms with van der Waals surface area (Å²) in [6.45, 7) is 0.359. The average Bonchev–Trinajstić information content (AvgIpc) is 2.49. The molecule has 6 heteroatoms. The number of aliphatic hydroxyl groups is 1. The van der Waals surface area contributed by atoms with E-state index in [0.717, 1.165) is 25.7 Å². The Bertz CT molecular complexity index is 549. The lowest BCUT2D eigenvalue weighted by molar-refractivity contribution is 0.0867. The predicted molar refractivity (Wildman–Crippen MR) is 84.1 cm³/mol. The minimum absolute atomic E-state index is 0.0391. The number of benzene rings is 1. The van der Waals surface area contributed by atoms with Gasteiger partial charge in [0.15, 0.2) is 0 Å². The van der Waals surface area contributed by atoms with Gasteiger partial charge in [0.1, 0.15) is 0 Å². The molecule has 4 N–H and O–H groups in total. The summed E-state index contributed by atoms with van der Waals surface area (Å²) in [6, 6.07) is 6.83. The summed E-state index contributed by atoms with van der Waals surface area (Å²) in [6.07, 6.45) is 5.04. The van der Waals surface area contributed by atoms with Gasteiger partial charge in [0.05, 0.1) is 5.75 Å². The van der Waals surface area contributed by atoms with Crippen molar-refractivity contribution in [2.45, 2.75) is 37.9 Å². The zero-order valence-corrected chi connectivity index (χ0v) is 13.0. The zero-order valence-electron chi connectivity index (χ0n) is 12.2. The molecule has 21 heavy (non-hydrogen) atoms. The van der Waals surface area contributed by atoms with Gasteiger partial charge in [0, 0.05) is 24.3 Å². The molecule has 1 saturated carbocycles. The summed E-state index contributed by atoms with van der Waals surface area (Å²) in [4.78, 5) is 0. The van der Waals surface area contributed by atoms with Crippen LogP contribution >= 0.6 is 0 Å². The van der Waals surface area contributed by atoms with E-state index in [1.165, 1.54) is 6.42 Å². The Balaban J connectivity index is 1.95. The fourth-order valence-corrected chi connectivity index (χ4v) is 4.10. The van der Waals surface area contributed by atoms with Crippen LogP contribution in [0.3, 0.4) is 0 Å². The van der Waals surface area contributed by atoms with E-state index in [0.29, 0.717) is 17.8 Å². The molecule has 1 aromatic rings. The van der Waals surface area contributed by atoms with Gasteiger partial charge < -0.3 is 10.8 Å². The van der Waals surface area contributed by atoms with Gasteiger partial charge in [-0.3, -0.25) is 0 Å². The highest BCUT2D eigenvalue weighted by molar-refractivity contribution is 7.88. The van der Waals surface area contributed by atoms with Crippen LogP contribution in [0.15, 0.2) is 24.3 Å². The number of aliphatic hydroxyl groups excluding tert-OH is 1. The van der Waals surface area contributed by atoms with Crippen LogP contribution in [0, 0.1) is 5.41 Å². The van der Waals surface area contributed by atoms with Crippen LogP contribution < -0.4 is 10.5 Å². The monoisotopic (exact) mass is 312 g/mol. The topological polar surface area (TPSA) is 92.4 Å². The molecule has 0 heterocycles. The van der Waals surface area contributed by atoms with Crippen LogP contribution in [0.4, 0.5) is 5.69 Å². The summed E-state index contributed by atoms with van der Waals surface area (Å²) in [7, 11) is -3.40. The third kappa shape index (κ3) is 4.69. The molecule has 0 spiro atoms. The Morgan fingerprint density at radius 2 is 1.76 bits per heavy atom. The first-order valence-electron chi connectivity index (χ1n) is 7.37. The fourth-order valence-electron chi connectivity index (χ4n) is 2.84. The van der Waals surface area contributed by atoms with Crippen LogP contribution in [0.5, 0.6) is 0 Å². The Morgan fingerprint density at radius 3 is 2.33 bits per heavy atom. The summed E-state index contributed by atoms with van der Waals surface area (Å²) in [5, 5.41) is 9.61. The molecular formula is C15H24N2O3S. The molecular weight excluding hydrogens is 288 g/mol. The summed E-state index contributed by atoms with van der Waals surface area (Å²) in [5.74, 6) is -0.0607. The number of nitrogens with one attached hydrogen (secondary N) is 1. The van der Waals surface area contributed by atoms with Crippen LogP contribution in [-0.4, -0.2) is 26.7 Å². The molecule has 1 aliphatic carbocycles. The van der Waals surface area contributed by atoms with Gasteiger partial charge in [0.25, 0.3) is 0 Å². The van der Waals surface area contributed by atoms with Crippen molar-refractivity contribution in [3.8, 4) is 0 Å². The molecule has 0 radical (unpaired) electrons. The van der Waals surface area contributed by atoms with Crippen LogP contribution in [0.25, 0.3) is 0 Å². The molecule has 0 aromatic heterocycles. The molecule has 1 aliphatic rings. The standard InChI is InChI=1S/C15H24N2O3S/c16-14-6-4-13(5-7-14)10-21(19,20)17-11-15(12-18)8-2-1-3-9-15/h4-7,17-18H,1-3,8-12,16H2. The predicted octanol–water partition coefficient (Wildman–Crippen LogP) is 1.63. The molecule has 0 amide bonds. The first-order chi connectivity index (χ1) is 9.95. The normalized spacial score (nSPS) is 18.5. The van der Waals surface area contributed by atoms with Gasteiger partial charge in [-0.15, -0.1) is 0 Å². The number of hydrogen-bond acceptors (Lipinski definition) is 4. The second-order valence-corrected chi connectivity index (χ2v) is 7.85. The number of rotatable bonds is 6. The molecule has 0 aliphatic heterocycles. The Kier molecular flexibility index (Phi) is 5.24. The average molecular weight is 312 g/mol. The van der Waals surface area contributed by atoms with E-state index in [9.17, 15) is 13.5 Å². The highest BCUT2D eigenvalue weighted by Crippen LogP contribution is 2.35. The van der Waals surface area contributed by atoms with Crippen molar-refractivity contribution < 1.29 is 13.5 Å². The van der Waals surface area contributed by atoms with Gasteiger partial charge in [-0.2, -0.15) is 0 Å². The van der Waals surface area contributed by atoms with Gasteiger partial charge in [-0.1, -0.05) is 31.4 Å². The van der Waals surface area contributed by atoms with Crippen LogP contribution in [0.1, 0.15) is 37.7 Å². The van der Waals surface area contributed by atoms with Crippen molar-refractivity contribution in [1.82, 2.24) is 4.72 Å². The fraction of sp³-hybridized carbons (Fsp3) is 0.600. The number of anilines is 1. The highest BCUT2D eigenvalue weighted by Gasteiger charge is 2.32. The first-order valence-corrected chi connectivity index (χ1v) is 9.03. The van der Waals surface area contributed by atoms with Crippen molar-refractivity contribution in [3.63, 3.8) is 0 Å². The van der Waals surface area contributed by atoms with Gasteiger partial charge in [0.2, 0.25) is 10.0 Å². The highest BCUT2D eigenvalue weighted by atomic mass is 32.2. The minimum atomic E-state index is -3.40.